The van der Waals surface area contributed by atoms with Crippen molar-refractivity contribution in [1.82, 2.24) is 5.32 Å². The third kappa shape index (κ3) is 3.99. The number of benzene rings is 2. The average molecular weight is 454 g/mol. The first-order chi connectivity index (χ1) is 15.3. The van der Waals surface area contributed by atoms with Crippen LogP contribution in [0.1, 0.15) is 26.9 Å². The van der Waals surface area contributed by atoms with Crippen molar-refractivity contribution in [3.8, 4) is 0 Å². The highest BCUT2D eigenvalue weighted by Gasteiger charge is 2.41. The molecule has 4 rings (SSSR count). The van der Waals surface area contributed by atoms with Crippen molar-refractivity contribution in [3.63, 3.8) is 0 Å². The van der Waals surface area contributed by atoms with Gasteiger partial charge in [0, 0.05) is 11.9 Å². The maximum absolute atomic E-state index is 13.3. The number of hydrogen-bond acceptors (Lipinski definition) is 6. The summed E-state index contributed by atoms with van der Waals surface area (Å²) in [4.78, 5) is 38.6. The number of esters is 1. The topological polar surface area (TPSA) is 95.9 Å². The van der Waals surface area contributed by atoms with Crippen molar-refractivity contribution in [2.24, 2.45) is 0 Å². The van der Waals surface area contributed by atoms with Crippen LogP contribution in [0.4, 0.5) is 10.1 Å². The maximum Gasteiger partial charge on any atom is 0.374 e. The van der Waals surface area contributed by atoms with E-state index in [1.165, 1.54) is 48.3 Å². The minimum Gasteiger partial charge on any atom is -0.477 e. The van der Waals surface area contributed by atoms with Crippen LogP contribution in [0.2, 0.25) is 0 Å². The monoisotopic (exact) mass is 454 g/mol. The molecule has 0 spiro atoms. The van der Waals surface area contributed by atoms with E-state index in [1.807, 2.05) is 0 Å². The van der Waals surface area contributed by atoms with Gasteiger partial charge >= 0.3 is 17.7 Å². The molecular formula is C23H19FN2O5S. The number of aliphatic carboxylic acids is 1. The zero-order chi connectivity index (χ0) is 22.9. The summed E-state index contributed by atoms with van der Waals surface area (Å²) in [6.45, 7) is 1.75. The number of thioether (sulfide) groups is 1. The van der Waals surface area contributed by atoms with E-state index in [2.05, 4.69) is 5.32 Å². The average Bonchev–Trinajstić information content (AvgIpc) is 3.16. The lowest BCUT2D eigenvalue weighted by Gasteiger charge is -2.28. The molecule has 32 heavy (non-hydrogen) atoms. The highest BCUT2D eigenvalue weighted by atomic mass is 32.2. The molecule has 2 aromatic carbocycles. The van der Waals surface area contributed by atoms with Gasteiger partial charge in [0.25, 0.3) is 0 Å². The van der Waals surface area contributed by atoms with Crippen molar-refractivity contribution in [2.75, 3.05) is 10.7 Å². The standard InChI is InChI=1S/C23H19FN2O5S/c1-14-12-16(21(28)31-23(22(29)30)10-2-3-11-25-23)6-9-18(14)26-19(27)13-32-20(26)15-4-7-17(24)8-5-15/h2-12,20,25H,13H2,1H3,(H,29,30). The quantitative estimate of drug-likeness (QED) is 0.668. The summed E-state index contributed by atoms with van der Waals surface area (Å²) in [5.74, 6) is -2.37. The van der Waals surface area contributed by atoms with E-state index >= 15 is 0 Å². The molecule has 2 aliphatic rings. The molecule has 1 fully saturated rings. The van der Waals surface area contributed by atoms with E-state index in [0.29, 0.717) is 11.3 Å². The Morgan fingerprint density at radius 3 is 2.59 bits per heavy atom. The lowest BCUT2D eigenvalue weighted by Crippen LogP contribution is -2.52. The molecule has 0 radical (unpaired) electrons. The smallest absolute Gasteiger partial charge is 0.374 e. The number of nitrogens with one attached hydrogen (secondary N) is 1. The van der Waals surface area contributed by atoms with Gasteiger partial charge in [-0.1, -0.05) is 18.2 Å². The number of carbonyl (C=O) groups excluding carboxylic acids is 2. The lowest BCUT2D eigenvalue weighted by atomic mass is 10.1. The van der Waals surface area contributed by atoms with Crippen LogP contribution in [0, 0.1) is 12.7 Å². The van der Waals surface area contributed by atoms with E-state index in [1.54, 1.807) is 42.2 Å². The largest absolute Gasteiger partial charge is 0.477 e. The van der Waals surface area contributed by atoms with Gasteiger partial charge in [0.15, 0.2) is 0 Å². The molecule has 7 nitrogen and oxygen atoms in total. The first-order valence-corrected chi connectivity index (χ1v) is 10.7. The molecule has 2 aromatic rings. The second kappa shape index (κ2) is 8.51. The van der Waals surface area contributed by atoms with Crippen molar-refractivity contribution in [1.29, 1.82) is 0 Å². The predicted molar refractivity (Wildman–Crippen MR) is 117 cm³/mol. The Hall–Kier alpha value is -3.59. The van der Waals surface area contributed by atoms with Crippen LogP contribution in [-0.2, 0) is 14.3 Å². The second-order valence-electron chi connectivity index (χ2n) is 7.27. The number of anilines is 1. The number of rotatable bonds is 5. The fourth-order valence-electron chi connectivity index (χ4n) is 3.52. The number of carbonyl (C=O) groups is 3. The number of amides is 1. The Kier molecular flexibility index (Phi) is 5.75. The molecule has 2 aliphatic heterocycles. The summed E-state index contributed by atoms with van der Waals surface area (Å²) < 4.78 is 18.6. The van der Waals surface area contributed by atoms with Crippen molar-refractivity contribution < 1.29 is 28.6 Å². The molecule has 2 unspecified atom stereocenters. The van der Waals surface area contributed by atoms with Crippen LogP contribution in [0.5, 0.6) is 0 Å². The number of ether oxygens (including phenoxy) is 1. The van der Waals surface area contributed by atoms with Crippen molar-refractivity contribution in [2.45, 2.75) is 18.0 Å². The van der Waals surface area contributed by atoms with Gasteiger partial charge in [-0.25, -0.2) is 14.0 Å². The van der Waals surface area contributed by atoms with Crippen LogP contribution < -0.4 is 10.2 Å². The van der Waals surface area contributed by atoms with Gasteiger partial charge in [0.05, 0.1) is 11.3 Å². The number of aryl methyl sites for hydroxylation is 1. The molecule has 2 N–H and O–H groups in total. The fraction of sp³-hybridized carbons (Fsp3) is 0.174. The maximum atomic E-state index is 13.3. The SMILES string of the molecule is Cc1cc(C(=O)OC2(C(=O)O)C=CC=CN2)ccc1N1C(=O)CSC1c1ccc(F)cc1. The van der Waals surface area contributed by atoms with Crippen LogP contribution in [0.25, 0.3) is 0 Å². The number of allylic oxidation sites excluding steroid dienone is 2. The normalized spacial score (nSPS) is 22.0. The van der Waals surface area contributed by atoms with E-state index < -0.39 is 17.7 Å². The third-order valence-corrected chi connectivity index (χ3v) is 6.33. The van der Waals surface area contributed by atoms with Gasteiger partial charge in [-0.2, -0.15) is 0 Å². The summed E-state index contributed by atoms with van der Waals surface area (Å²) in [5.41, 5.74) is 0.190. The van der Waals surface area contributed by atoms with Crippen LogP contribution in [0.3, 0.4) is 0 Å². The molecular weight excluding hydrogens is 435 g/mol. The van der Waals surface area contributed by atoms with Gasteiger partial charge in [-0.05, 0) is 60.5 Å². The van der Waals surface area contributed by atoms with Crippen molar-refractivity contribution >= 4 is 35.3 Å². The van der Waals surface area contributed by atoms with E-state index in [-0.39, 0.29) is 28.4 Å². The zero-order valence-electron chi connectivity index (χ0n) is 16.9. The predicted octanol–water partition coefficient (Wildman–Crippen LogP) is 3.52. The van der Waals surface area contributed by atoms with Crippen LogP contribution >= 0.6 is 11.8 Å². The summed E-state index contributed by atoms with van der Waals surface area (Å²) in [6, 6.07) is 10.7. The minimum absolute atomic E-state index is 0.101. The first-order valence-electron chi connectivity index (χ1n) is 9.69. The van der Waals surface area contributed by atoms with Crippen LogP contribution in [0.15, 0.2) is 66.9 Å². The van der Waals surface area contributed by atoms with Gasteiger partial charge in [-0.3, -0.25) is 9.69 Å². The molecule has 0 aliphatic carbocycles. The van der Waals surface area contributed by atoms with E-state index in [4.69, 9.17) is 4.74 Å². The van der Waals surface area contributed by atoms with Crippen molar-refractivity contribution in [3.05, 3.63) is 89.4 Å². The number of carboxylic acid groups (broad SMARTS) is 1. The third-order valence-electron chi connectivity index (χ3n) is 5.12. The Morgan fingerprint density at radius 1 is 1.22 bits per heavy atom. The molecule has 2 heterocycles. The molecule has 9 heteroatoms. The van der Waals surface area contributed by atoms with E-state index in [9.17, 15) is 23.9 Å². The number of hydrogen-bond donors (Lipinski definition) is 2. The number of nitrogens with zero attached hydrogens (tertiary/aromatic N) is 1. The number of carboxylic acids is 1. The molecule has 164 valence electrons. The second-order valence-corrected chi connectivity index (χ2v) is 8.34. The number of halogens is 1. The molecule has 2 atom stereocenters. The fourth-order valence-corrected chi connectivity index (χ4v) is 4.69. The van der Waals surface area contributed by atoms with Gasteiger partial charge in [0.1, 0.15) is 11.2 Å². The Balaban J connectivity index is 1.60. The molecule has 0 saturated carbocycles. The summed E-state index contributed by atoms with van der Waals surface area (Å²) in [7, 11) is 0. The number of dihydropyridines is 1. The molecule has 1 saturated heterocycles. The first kappa shape index (κ1) is 21.6. The highest BCUT2D eigenvalue weighted by Crippen LogP contribution is 2.43. The Bertz CT molecular complexity index is 1150. The van der Waals surface area contributed by atoms with Crippen LogP contribution in [-0.4, -0.2) is 34.4 Å². The summed E-state index contributed by atoms with van der Waals surface area (Å²) in [5, 5.41) is 11.7. The minimum atomic E-state index is -1.99. The molecule has 0 aromatic heterocycles. The van der Waals surface area contributed by atoms with Gasteiger partial charge < -0.3 is 15.2 Å². The lowest BCUT2D eigenvalue weighted by molar-refractivity contribution is -0.156. The zero-order valence-corrected chi connectivity index (χ0v) is 17.8. The van der Waals surface area contributed by atoms with E-state index in [0.717, 1.165) is 5.56 Å². The summed E-state index contributed by atoms with van der Waals surface area (Å²) >= 11 is 1.43. The van der Waals surface area contributed by atoms with Gasteiger partial charge in [-0.15, -0.1) is 11.8 Å². The summed E-state index contributed by atoms with van der Waals surface area (Å²) in [6.07, 6.45) is 5.67. The van der Waals surface area contributed by atoms with Gasteiger partial charge in [0.2, 0.25) is 5.91 Å². The highest BCUT2D eigenvalue weighted by molar-refractivity contribution is 8.00. The molecule has 1 amide bonds. The Morgan fingerprint density at radius 2 is 1.97 bits per heavy atom. The molecule has 0 bridgehead atoms. The Labute approximate surface area is 187 Å².